The smallest absolute Gasteiger partial charge is 0.123 e. The van der Waals surface area contributed by atoms with Crippen LogP contribution in [-0.4, -0.2) is 0 Å². The third-order valence-electron chi connectivity index (χ3n) is 3.84. The predicted molar refractivity (Wildman–Crippen MR) is 75.4 cm³/mol. The zero-order valence-electron chi connectivity index (χ0n) is 10.5. The van der Waals surface area contributed by atoms with E-state index in [1.54, 1.807) is 12.1 Å². The van der Waals surface area contributed by atoms with Gasteiger partial charge < -0.3 is 0 Å². The van der Waals surface area contributed by atoms with Crippen LogP contribution >= 0.6 is 15.9 Å². The molecule has 1 aliphatic rings. The fraction of sp³-hybridized carbons (Fsp3) is 0.571. The van der Waals surface area contributed by atoms with E-state index in [2.05, 4.69) is 21.4 Å². The minimum absolute atomic E-state index is 0.0353. The van der Waals surface area contributed by atoms with Crippen LogP contribution < -0.4 is 11.3 Å². The van der Waals surface area contributed by atoms with E-state index in [1.165, 1.54) is 31.7 Å². The van der Waals surface area contributed by atoms with Gasteiger partial charge in [0.2, 0.25) is 0 Å². The van der Waals surface area contributed by atoms with Crippen molar-refractivity contribution in [2.75, 3.05) is 0 Å². The van der Waals surface area contributed by atoms with Crippen molar-refractivity contribution < 1.29 is 4.39 Å². The Morgan fingerprint density at radius 1 is 1.22 bits per heavy atom. The molecule has 18 heavy (non-hydrogen) atoms. The molecule has 0 spiro atoms. The molecule has 0 aliphatic heterocycles. The number of nitrogens with one attached hydrogen (secondary N) is 1. The molecule has 0 heterocycles. The molecule has 1 saturated carbocycles. The lowest BCUT2D eigenvalue weighted by molar-refractivity contribution is 0.327. The molecule has 1 aromatic carbocycles. The van der Waals surface area contributed by atoms with Gasteiger partial charge in [-0.1, -0.05) is 41.6 Å². The van der Waals surface area contributed by atoms with E-state index < -0.39 is 0 Å². The normalized spacial score (nSPS) is 19.5. The van der Waals surface area contributed by atoms with Gasteiger partial charge in [-0.25, -0.2) is 4.39 Å². The van der Waals surface area contributed by atoms with Gasteiger partial charge in [0.1, 0.15) is 5.82 Å². The third-order valence-corrected chi connectivity index (χ3v) is 4.57. The first-order valence-corrected chi connectivity index (χ1v) is 7.42. The molecule has 1 fully saturated rings. The maximum absolute atomic E-state index is 13.4. The average Bonchev–Trinajstić information content (AvgIpc) is 2.64. The van der Waals surface area contributed by atoms with Crippen LogP contribution in [0.1, 0.15) is 50.1 Å². The third kappa shape index (κ3) is 3.31. The van der Waals surface area contributed by atoms with Crippen molar-refractivity contribution in [3.05, 3.63) is 34.1 Å². The van der Waals surface area contributed by atoms with E-state index in [0.717, 1.165) is 22.9 Å². The maximum Gasteiger partial charge on any atom is 0.123 e. The second-order valence-corrected chi connectivity index (χ2v) is 5.92. The van der Waals surface area contributed by atoms with Crippen molar-refractivity contribution in [3.63, 3.8) is 0 Å². The van der Waals surface area contributed by atoms with Crippen molar-refractivity contribution in [1.82, 2.24) is 5.43 Å². The van der Waals surface area contributed by atoms with E-state index in [1.807, 2.05) is 0 Å². The summed E-state index contributed by atoms with van der Waals surface area (Å²) in [5.74, 6) is 6.00. The monoisotopic (exact) mass is 314 g/mol. The number of rotatable bonds is 3. The molecule has 0 radical (unpaired) electrons. The molecular weight excluding hydrogens is 295 g/mol. The minimum Gasteiger partial charge on any atom is -0.271 e. The van der Waals surface area contributed by atoms with E-state index in [4.69, 9.17) is 5.84 Å². The van der Waals surface area contributed by atoms with Crippen LogP contribution in [0.2, 0.25) is 0 Å². The van der Waals surface area contributed by atoms with Crippen LogP contribution in [-0.2, 0) is 0 Å². The zero-order chi connectivity index (χ0) is 13.0. The van der Waals surface area contributed by atoms with Gasteiger partial charge in [-0.3, -0.25) is 11.3 Å². The summed E-state index contributed by atoms with van der Waals surface area (Å²) in [5.41, 5.74) is 3.82. The molecular formula is C14H20BrFN2. The lowest BCUT2D eigenvalue weighted by Crippen LogP contribution is -2.33. The van der Waals surface area contributed by atoms with Gasteiger partial charge in [-0.05, 0) is 42.5 Å². The van der Waals surface area contributed by atoms with Gasteiger partial charge in [0.25, 0.3) is 0 Å². The molecule has 1 atom stereocenters. The molecule has 0 saturated heterocycles. The van der Waals surface area contributed by atoms with Crippen LogP contribution in [0.25, 0.3) is 0 Å². The molecule has 0 amide bonds. The molecule has 2 nitrogen and oxygen atoms in total. The number of hydrogen-bond donors (Lipinski definition) is 2. The lowest BCUT2D eigenvalue weighted by Gasteiger charge is -2.26. The van der Waals surface area contributed by atoms with Crippen LogP contribution in [0.5, 0.6) is 0 Å². The number of hydrogen-bond acceptors (Lipinski definition) is 2. The zero-order valence-corrected chi connectivity index (χ0v) is 12.0. The first kappa shape index (κ1) is 14.0. The Bertz CT molecular complexity index is 389. The first-order chi connectivity index (χ1) is 8.72. The molecule has 2 rings (SSSR count). The molecule has 100 valence electrons. The average molecular weight is 315 g/mol. The summed E-state index contributed by atoms with van der Waals surface area (Å²) < 4.78 is 14.3. The van der Waals surface area contributed by atoms with Gasteiger partial charge in [0.05, 0.1) is 0 Å². The van der Waals surface area contributed by atoms with Crippen LogP contribution in [0, 0.1) is 11.7 Å². The van der Waals surface area contributed by atoms with Crippen LogP contribution in [0.15, 0.2) is 22.7 Å². The number of benzene rings is 1. The van der Waals surface area contributed by atoms with Crippen molar-refractivity contribution in [2.45, 2.75) is 44.6 Å². The van der Waals surface area contributed by atoms with Crippen molar-refractivity contribution in [1.29, 1.82) is 0 Å². The second kappa shape index (κ2) is 6.64. The first-order valence-electron chi connectivity index (χ1n) is 6.63. The highest BCUT2D eigenvalue weighted by atomic mass is 79.9. The van der Waals surface area contributed by atoms with Crippen molar-refractivity contribution in [2.24, 2.45) is 11.8 Å². The fourth-order valence-corrected chi connectivity index (χ4v) is 3.37. The summed E-state index contributed by atoms with van der Waals surface area (Å²) >= 11 is 3.50. The van der Waals surface area contributed by atoms with Gasteiger partial charge in [-0.15, -0.1) is 0 Å². The van der Waals surface area contributed by atoms with Gasteiger partial charge >= 0.3 is 0 Å². The Kier molecular flexibility index (Phi) is 5.15. The largest absolute Gasteiger partial charge is 0.271 e. The summed E-state index contributed by atoms with van der Waals surface area (Å²) in [7, 11) is 0. The molecule has 1 aromatic rings. The van der Waals surface area contributed by atoms with Gasteiger partial charge in [0.15, 0.2) is 0 Å². The summed E-state index contributed by atoms with van der Waals surface area (Å²) in [6, 6.07) is 4.84. The summed E-state index contributed by atoms with van der Waals surface area (Å²) in [6.45, 7) is 0. The molecule has 3 N–H and O–H groups in total. The number of hydrazine groups is 1. The number of halogens is 2. The number of nitrogens with two attached hydrogens (primary N) is 1. The van der Waals surface area contributed by atoms with Crippen molar-refractivity contribution >= 4 is 15.9 Å². The predicted octanol–water partition coefficient (Wildman–Crippen LogP) is 4.06. The minimum atomic E-state index is -0.206. The Morgan fingerprint density at radius 2 is 1.89 bits per heavy atom. The Morgan fingerprint density at radius 3 is 2.50 bits per heavy atom. The molecule has 4 heteroatoms. The fourth-order valence-electron chi connectivity index (χ4n) is 2.88. The highest BCUT2D eigenvalue weighted by Crippen LogP contribution is 2.36. The Labute approximate surface area is 116 Å². The van der Waals surface area contributed by atoms with Gasteiger partial charge in [0, 0.05) is 10.5 Å². The summed E-state index contributed by atoms with van der Waals surface area (Å²) in [6.07, 6.45) is 7.43. The highest BCUT2D eigenvalue weighted by molar-refractivity contribution is 9.10. The second-order valence-electron chi connectivity index (χ2n) is 5.06. The van der Waals surface area contributed by atoms with Crippen LogP contribution in [0.3, 0.4) is 0 Å². The molecule has 1 unspecified atom stereocenters. The molecule has 0 bridgehead atoms. The van der Waals surface area contributed by atoms with Crippen LogP contribution in [0.4, 0.5) is 4.39 Å². The lowest BCUT2D eigenvalue weighted by atomic mass is 9.87. The van der Waals surface area contributed by atoms with E-state index in [9.17, 15) is 4.39 Å². The molecule has 1 aliphatic carbocycles. The standard InChI is InChI=1S/C14H20BrFN2/c15-13-8-7-11(16)9-12(13)14(18-17)10-5-3-1-2-4-6-10/h7-10,14,18H,1-6,17H2. The topological polar surface area (TPSA) is 38.0 Å². The van der Waals surface area contributed by atoms with Gasteiger partial charge in [-0.2, -0.15) is 0 Å². The van der Waals surface area contributed by atoms with E-state index in [0.29, 0.717) is 5.92 Å². The summed E-state index contributed by atoms with van der Waals surface area (Å²) in [4.78, 5) is 0. The Balaban J connectivity index is 2.23. The Hall–Kier alpha value is -0.450. The quantitative estimate of drug-likeness (QED) is 0.501. The van der Waals surface area contributed by atoms with E-state index in [-0.39, 0.29) is 11.9 Å². The van der Waals surface area contributed by atoms with Crippen molar-refractivity contribution in [3.8, 4) is 0 Å². The SMILES string of the molecule is NNC(c1cc(F)ccc1Br)C1CCCCCC1. The highest BCUT2D eigenvalue weighted by Gasteiger charge is 2.25. The van der Waals surface area contributed by atoms with E-state index >= 15 is 0 Å². The summed E-state index contributed by atoms with van der Waals surface area (Å²) in [5, 5.41) is 0. The maximum atomic E-state index is 13.4. The molecule has 0 aromatic heterocycles.